The predicted octanol–water partition coefficient (Wildman–Crippen LogP) is 2.69. The number of piperidine rings is 1. The number of aryl methyl sites for hydroxylation is 2. The molecule has 1 aliphatic heterocycles. The molecule has 0 spiro atoms. The molecule has 19 heavy (non-hydrogen) atoms. The highest BCUT2D eigenvalue weighted by Gasteiger charge is 2.36. The molecule has 1 aromatic rings. The fraction of sp³-hybridized carbons (Fsp3) is 0.571. The normalized spacial score (nSPS) is 23.4. The molecule has 0 radical (unpaired) electrons. The fourth-order valence-electron chi connectivity index (χ4n) is 2.58. The van der Waals surface area contributed by atoms with Gasteiger partial charge in [-0.1, -0.05) is 0 Å². The standard InChI is InChI=1S/C14H19NO3S/c1-8-7-12(19-10(8)3)13(16)15-6-4-5-11(9(15)2)14(17)18/h7,9,11H,4-6H2,1-3H3,(H,17,18)/t9-,11-/m1/s1. The number of rotatable bonds is 2. The van der Waals surface area contributed by atoms with Gasteiger partial charge in [-0.25, -0.2) is 0 Å². The molecule has 0 aromatic carbocycles. The smallest absolute Gasteiger partial charge is 0.308 e. The van der Waals surface area contributed by atoms with Crippen LogP contribution in [0, 0.1) is 19.8 Å². The average molecular weight is 281 g/mol. The second-order valence-corrected chi connectivity index (χ2v) is 6.43. The molecule has 5 heteroatoms. The number of carboxylic acids is 1. The maximum absolute atomic E-state index is 12.5. The van der Waals surface area contributed by atoms with Crippen molar-refractivity contribution >= 4 is 23.2 Å². The molecule has 1 aromatic heterocycles. The van der Waals surface area contributed by atoms with E-state index < -0.39 is 11.9 Å². The van der Waals surface area contributed by atoms with Gasteiger partial charge in [0.2, 0.25) is 0 Å². The molecule has 0 aliphatic carbocycles. The summed E-state index contributed by atoms with van der Waals surface area (Å²) >= 11 is 1.49. The number of carboxylic acid groups (broad SMARTS) is 1. The van der Waals surface area contributed by atoms with Gasteiger partial charge in [0.1, 0.15) is 0 Å². The summed E-state index contributed by atoms with van der Waals surface area (Å²) in [6.45, 7) is 6.47. The number of carbonyl (C=O) groups excluding carboxylic acids is 1. The first-order chi connectivity index (χ1) is 8.91. The summed E-state index contributed by atoms with van der Waals surface area (Å²) in [5.74, 6) is -1.27. The number of hydrogen-bond donors (Lipinski definition) is 1. The maximum atomic E-state index is 12.5. The summed E-state index contributed by atoms with van der Waals surface area (Å²) in [4.78, 5) is 27.3. The average Bonchev–Trinajstić information content (AvgIpc) is 2.69. The van der Waals surface area contributed by atoms with E-state index in [1.807, 2.05) is 26.8 Å². The van der Waals surface area contributed by atoms with Crippen LogP contribution in [0.4, 0.5) is 0 Å². The molecule has 0 bridgehead atoms. The van der Waals surface area contributed by atoms with Crippen LogP contribution in [0.3, 0.4) is 0 Å². The van der Waals surface area contributed by atoms with Crippen molar-refractivity contribution in [3.05, 3.63) is 21.4 Å². The lowest BCUT2D eigenvalue weighted by Crippen LogP contribution is -2.48. The molecule has 1 fully saturated rings. The van der Waals surface area contributed by atoms with Crippen molar-refractivity contribution in [2.75, 3.05) is 6.54 Å². The molecule has 0 unspecified atom stereocenters. The summed E-state index contributed by atoms with van der Waals surface area (Å²) in [6.07, 6.45) is 1.42. The lowest BCUT2D eigenvalue weighted by atomic mass is 9.90. The number of nitrogens with zero attached hydrogens (tertiary/aromatic N) is 1. The molecule has 1 aliphatic rings. The zero-order chi connectivity index (χ0) is 14.2. The van der Waals surface area contributed by atoms with E-state index in [-0.39, 0.29) is 11.9 Å². The van der Waals surface area contributed by atoms with Crippen molar-refractivity contribution in [3.8, 4) is 0 Å². The highest BCUT2D eigenvalue weighted by Crippen LogP contribution is 2.28. The highest BCUT2D eigenvalue weighted by molar-refractivity contribution is 7.14. The third kappa shape index (κ3) is 2.66. The van der Waals surface area contributed by atoms with E-state index >= 15 is 0 Å². The van der Waals surface area contributed by atoms with Crippen LogP contribution < -0.4 is 0 Å². The summed E-state index contributed by atoms with van der Waals surface area (Å²) in [5.41, 5.74) is 1.12. The first-order valence-corrected chi connectivity index (χ1v) is 7.34. The SMILES string of the molecule is Cc1cc(C(=O)N2CCC[C@@H](C(=O)O)[C@H]2C)sc1C. The van der Waals surface area contributed by atoms with E-state index in [2.05, 4.69) is 0 Å². The Morgan fingerprint density at radius 1 is 1.42 bits per heavy atom. The molecule has 2 rings (SSSR count). The molecule has 2 heterocycles. The van der Waals surface area contributed by atoms with Crippen LogP contribution in [0.25, 0.3) is 0 Å². The molecule has 1 N–H and O–H groups in total. The zero-order valence-corrected chi connectivity index (χ0v) is 12.3. The fourth-order valence-corrected chi connectivity index (χ4v) is 3.57. The van der Waals surface area contributed by atoms with E-state index in [0.717, 1.165) is 16.9 Å². The van der Waals surface area contributed by atoms with Crippen LogP contribution in [0.5, 0.6) is 0 Å². The third-order valence-electron chi connectivity index (χ3n) is 3.94. The van der Waals surface area contributed by atoms with Gasteiger partial charge >= 0.3 is 5.97 Å². The number of thiophene rings is 1. The van der Waals surface area contributed by atoms with Gasteiger partial charge in [0.15, 0.2) is 0 Å². The van der Waals surface area contributed by atoms with E-state index in [9.17, 15) is 14.7 Å². The topological polar surface area (TPSA) is 57.6 Å². The highest BCUT2D eigenvalue weighted by atomic mass is 32.1. The number of amides is 1. The summed E-state index contributed by atoms with van der Waals surface area (Å²) < 4.78 is 0. The van der Waals surface area contributed by atoms with Crippen LogP contribution in [0.15, 0.2) is 6.07 Å². The molecule has 0 saturated carbocycles. The Balaban J connectivity index is 2.20. The Labute approximate surface area is 117 Å². The van der Waals surface area contributed by atoms with E-state index in [1.54, 1.807) is 4.90 Å². The first-order valence-electron chi connectivity index (χ1n) is 6.52. The predicted molar refractivity (Wildman–Crippen MR) is 74.7 cm³/mol. The molecule has 2 atom stereocenters. The molecule has 1 amide bonds. The number of hydrogen-bond acceptors (Lipinski definition) is 3. The van der Waals surface area contributed by atoms with Gasteiger partial charge in [0, 0.05) is 17.5 Å². The number of likely N-dealkylation sites (tertiary alicyclic amines) is 1. The second-order valence-electron chi connectivity index (χ2n) is 5.18. The van der Waals surface area contributed by atoms with E-state index in [0.29, 0.717) is 17.8 Å². The van der Waals surface area contributed by atoms with Gasteiger partial charge in [-0.05, 0) is 45.2 Å². The van der Waals surface area contributed by atoms with Gasteiger partial charge < -0.3 is 10.0 Å². The van der Waals surface area contributed by atoms with Gasteiger partial charge in [-0.15, -0.1) is 11.3 Å². The summed E-state index contributed by atoms with van der Waals surface area (Å²) in [7, 11) is 0. The number of carbonyl (C=O) groups is 2. The Morgan fingerprint density at radius 3 is 2.63 bits per heavy atom. The molecule has 4 nitrogen and oxygen atoms in total. The van der Waals surface area contributed by atoms with Crippen LogP contribution in [0.1, 0.15) is 39.9 Å². The minimum atomic E-state index is -0.802. The Morgan fingerprint density at radius 2 is 2.11 bits per heavy atom. The van der Waals surface area contributed by atoms with Crippen molar-refractivity contribution in [2.24, 2.45) is 5.92 Å². The summed E-state index contributed by atoms with van der Waals surface area (Å²) in [6, 6.07) is 1.67. The summed E-state index contributed by atoms with van der Waals surface area (Å²) in [5, 5.41) is 9.19. The van der Waals surface area contributed by atoms with Gasteiger partial charge in [-0.3, -0.25) is 9.59 Å². The largest absolute Gasteiger partial charge is 0.481 e. The molecular formula is C14H19NO3S. The number of aliphatic carboxylic acids is 1. The zero-order valence-electron chi connectivity index (χ0n) is 11.5. The van der Waals surface area contributed by atoms with Crippen molar-refractivity contribution in [1.29, 1.82) is 0 Å². The molecular weight excluding hydrogens is 262 g/mol. The lowest BCUT2D eigenvalue weighted by Gasteiger charge is -2.37. The quantitative estimate of drug-likeness (QED) is 0.906. The minimum Gasteiger partial charge on any atom is -0.481 e. The monoisotopic (exact) mass is 281 g/mol. The van der Waals surface area contributed by atoms with E-state index in [1.165, 1.54) is 11.3 Å². The Kier molecular flexibility index (Phi) is 3.94. The van der Waals surface area contributed by atoms with Crippen LogP contribution in [0.2, 0.25) is 0 Å². The van der Waals surface area contributed by atoms with Crippen molar-refractivity contribution < 1.29 is 14.7 Å². The van der Waals surface area contributed by atoms with Crippen molar-refractivity contribution in [3.63, 3.8) is 0 Å². The Hall–Kier alpha value is -1.36. The van der Waals surface area contributed by atoms with Crippen molar-refractivity contribution in [2.45, 2.75) is 39.7 Å². The first kappa shape index (κ1) is 14.1. The van der Waals surface area contributed by atoms with Crippen LogP contribution >= 0.6 is 11.3 Å². The maximum Gasteiger partial charge on any atom is 0.308 e. The minimum absolute atomic E-state index is 0.0281. The van der Waals surface area contributed by atoms with Gasteiger partial charge in [0.05, 0.1) is 10.8 Å². The van der Waals surface area contributed by atoms with Gasteiger partial charge in [-0.2, -0.15) is 0 Å². The Bertz CT molecular complexity index is 489. The molecule has 1 saturated heterocycles. The lowest BCUT2D eigenvalue weighted by molar-refractivity contribution is -0.144. The van der Waals surface area contributed by atoms with Crippen LogP contribution in [-0.4, -0.2) is 34.5 Å². The second kappa shape index (κ2) is 5.33. The van der Waals surface area contributed by atoms with Crippen LogP contribution in [-0.2, 0) is 4.79 Å². The van der Waals surface area contributed by atoms with E-state index in [4.69, 9.17) is 0 Å². The van der Waals surface area contributed by atoms with Gasteiger partial charge in [0.25, 0.3) is 5.91 Å². The molecule has 104 valence electrons. The van der Waals surface area contributed by atoms with Crippen molar-refractivity contribution in [1.82, 2.24) is 4.90 Å². The third-order valence-corrected chi connectivity index (χ3v) is 5.08.